The van der Waals surface area contributed by atoms with Crippen LogP contribution in [0.3, 0.4) is 0 Å². The minimum atomic E-state index is -0.647. The predicted octanol–water partition coefficient (Wildman–Crippen LogP) is 2.61. The highest BCUT2D eigenvalue weighted by Gasteiger charge is 2.28. The number of amides is 1. The van der Waals surface area contributed by atoms with Crippen molar-refractivity contribution in [3.8, 4) is 0 Å². The van der Waals surface area contributed by atoms with E-state index in [2.05, 4.69) is 24.9 Å². The fraction of sp³-hybridized carbons (Fsp3) is 0.346. The molecule has 0 saturated carbocycles. The molecule has 4 rings (SSSR count). The van der Waals surface area contributed by atoms with Crippen LogP contribution in [-0.4, -0.2) is 35.1 Å². The second-order valence-electron chi connectivity index (χ2n) is 9.09. The molecule has 0 spiro atoms. The molecule has 3 N–H and O–H groups in total. The number of hydrogen-bond donors (Lipinski definition) is 2. The summed E-state index contributed by atoms with van der Waals surface area (Å²) in [5, 5.41) is 0. The maximum absolute atomic E-state index is 13.6. The Morgan fingerprint density at radius 3 is 2.53 bits per heavy atom. The van der Waals surface area contributed by atoms with Crippen molar-refractivity contribution >= 4 is 23.1 Å². The summed E-state index contributed by atoms with van der Waals surface area (Å²) < 4.78 is 1.31. The van der Waals surface area contributed by atoms with E-state index in [0.29, 0.717) is 18.9 Å². The van der Waals surface area contributed by atoms with Crippen LogP contribution in [0.5, 0.6) is 0 Å². The van der Waals surface area contributed by atoms with Gasteiger partial charge in [-0.15, -0.1) is 0 Å². The Morgan fingerprint density at radius 2 is 1.79 bits per heavy atom. The molecule has 2 heterocycles. The molecule has 0 fully saturated rings. The Morgan fingerprint density at radius 1 is 1.09 bits per heavy atom. The van der Waals surface area contributed by atoms with Crippen molar-refractivity contribution in [3.63, 3.8) is 0 Å². The fourth-order valence-electron chi connectivity index (χ4n) is 4.33. The quantitative estimate of drug-likeness (QED) is 0.537. The minimum absolute atomic E-state index is 0.00321. The van der Waals surface area contributed by atoms with Gasteiger partial charge in [0.2, 0.25) is 5.91 Å². The zero-order valence-electron chi connectivity index (χ0n) is 19.7. The SMILES string of the molecule is CC(C)CCN(C(=O)CN1CCc2ccccc21)c1c(N)n(Cc2ccccc2)c(=O)[nH]c1=O. The standard InChI is InChI=1S/C26H31N5O3/c1-18(2)12-15-30(22(32)17-29-14-13-20-10-6-7-11-21(20)29)23-24(27)31(26(34)28-25(23)33)16-19-8-4-3-5-9-19/h3-11,18H,12-17,27H2,1-2H3,(H,28,33,34). The smallest absolute Gasteiger partial charge is 0.330 e. The van der Waals surface area contributed by atoms with Gasteiger partial charge in [-0.05, 0) is 36.0 Å². The normalized spacial score (nSPS) is 12.7. The van der Waals surface area contributed by atoms with Gasteiger partial charge in [0.15, 0.2) is 5.69 Å². The second kappa shape index (κ2) is 9.99. The van der Waals surface area contributed by atoms with Crippen molar-refractivity contribution in [3.05, 3.63) is 86.6 Å². The van der Waals surface area contributed by atoms with E-state index in [1.807, 2.05) is 53.4 Å². The summed E-state index contributed by atoms with van der Waals surface area (Å²) in [6, 6.07) is 17.4. The average Bonchev–Trinajstić information content (AvgIpc) is 3.22. The number of aromatic amines is 1. The summed E-state index contributed by atoms with van der Waals surface area (Å²) in [7, 11) is 0. The van der Waals surface area contributed by atoms with Crippen LogP contribution in [0.25, 0.3) is 0 Å². The van der Waals surface area contributed by atoms with Gasteiger partial charge in [-0.3, -0.25) is 19.1 Å². The molecule has 3 aromatic rings. The van der Waals surface area contributed by atoms with Gasteiger partial charge >= 0.3 is 5.69 Å². The zero-order valence-corrected chi connectivity index (χ0v) is 19.7. The van der Waals surface area contributed by atoms with Crippen LogP contribution < -0.4 is 26.8 Å². The van der Waals surface area contributed by atoms with Crippen molar-refractivity contribution in [2.75, 3.05) is 35.2 Å². The lowest BCUT2D eigenvalue weighted by Crippen LogP contribution is -2.45. The van der Waals surface area contributed by atoms with Crippen molar-refractivity contribution in [1.29, 1.82) is 0 Å². The van der Waals surface area contributed by atoms with Gasteiger partial charge in [0.1, 0.15) is 5.82 Å². The molecule has 0 aliphatic carbocycles. The van der Waals surface area contributed by atoms with Crippen LogP contribution in [0.1, 0.15) is 31.4 Å². The van der Waals surface area contributed by atoms with E-state index in [1.165, 1.54) is 15.0 Å². The third-order valence-electron chi connectivity index (χ3n) is 6.21. The number of nitrogens with two attached hydrogens (primary N) is 1. The molecular formula is C26H31N5O3. The average molecular weight is 462 g/mol. The van der Waals surface area contributed by atoms with Crippen LogP contribution in [0.4, 0.5) is 17.2 Å². The van der Waals surface area contributed by atoms with Crippen molar-refractivity contribution in [1.82, 2.24) is 9.55 Å². The van der Waals surface area contributed by atoms with E-state index in [-0.39, 0.29) is 30.5 Å². The number of carbonyl (C=O) groups excluding carboxylic acids is 1. The van der Waals surface area contributed by atoms with E-state index in [4.69, 9.17) is 5.73 Å². The molecule has 178 valence electrons. The first kappa shape index (κ1) is 23.4. The van der Waals surface area contributed by atoms with Gasteiger partial charge in [-0.1, -0.05) is 62.4 Å². The number of nitrogen functional groups attached to an aromatic ring is 1. The molecule has 0 unspecified atom stereocenters. The van der Waals surface area contributed by atoms with Gasteiger partial charge in [-0.2, -0.15) is 0 Å². The largest absolute Gasteiger partial charge is 0.383 e. The van der Waals surface area contributed by atoms with E-state index in [0.717, 1.165) is 24.2 Å². The van der Waals surface area contributed by atoms with E-state index in [1.54, 1.807) is 0 Å². The van der Waals surface area contributed by atoms with Crippen LogP contribution in [0.2, 0.25) is 0 Å². The molecule has 1 aliphatic rings. The number of H-pyrrole nitrogens is 1. The zero-order chi connectivity index (χ0) is 24.2. The minimum Gasteiger partial charge on any atom is -0.383 e. The number of benzene rings is 2. The number of aromatic nitrogens is 2. The number of nitrogens with one attached hydrogen (secondary N) is 1. The highest BCUT2D eigenvalue weighted by molar-refractivity contribution is 5.98. The summed E-state index contributed by atoms with van der Waals surface area (Å²) in [5.41, 5.74) is 8.30. The molecule has 8 nitrogen and oxygen atoms in total. The topological polar surface area (TPSA) is 104 Å². The van der Waals surface area contributed by atoms with Crippen molar-refractivity contribution < 1.29 is 4.79 Å². The summed E-state index contributed by atoms with van der Waals surface area (Å²) >= 11 is 0. The maximum Gasteiger partial charge on any atom is 0.330 e. The van der Waals surface area contributed by atoms with Crippen LogP contribution >= 0.6 is 0 Å². The molecule has 0 saturated heterocycles. The highest BCUT2D eigenvalue weighted by atomic mass is 16.2. The summed E-state index contributed by atoms with van der Waals surface area (Å²) in [6.07, 6.45) is 1.57. The van der Waals surface area contributed by atoms with Crippen LogP contribution in [0, 0.1) is 5.92 Å². The molecule has 0 radical (unpaired) electrons. The van der Waals surface area contributed by atoms with Gasteiger partial charge in [0.25, 0.3) is 5.56 Å². The summed E-state index contributed by atoms with van der Waals surface area (Å²) in [4.78, 5) is 45.0. The van der Waals surface area contributed by atoms with Gasteiger partial charge in [0, 0.05) is 18.8 Å². The monoisotopic (exact) mass is 461 g/mol. The first-order valence-corrected chi connectivity index (χ1v) is 11.6. The molecule has 2 aromatic carbocycles. The number of carbonyl (C=O) groups is 1. The molecule has 1 amide bonds. The lowest BCUT2D eigenvalue weighted by atomic mass is 10.1. The Bertz CT molecular complexity index is 1280. The number of rotatable bonds is 8. The fourth-order valence-corrected chi connectivity index (χ4v) is 4.33. The third kappa shape index (κ3) is 4.90. The Labute approximate surface area is 198 Å². The summed E-state index contributed by atoms with van der Waals surface area (Å²) in [6.45, 7) is 5.52. The number of hydrogen-bond acceptors (Lipinski definition) is 5. The van der Waals surface area contributed by atoms with E-state index >= 15 is 0 Å². The van der Waals surface area contributed by atoms with E-state index < -0.39 is 11.2 Å². The predicted molar refractivity (Wildman–Crippen MR) is 135 cm³/mol. The molecule has 1 aliphatic heterocycles. The Hall–Kier alpha value is -3.81. The first-order chi connectivity index (χ1) is 16.3. The lowest BCUT2D eigenvalue weighted by molar-refractivity contribution is -0.117. The Balaban J connectivity index is 1.69. The Kier molecular flexibility index (Phi) is 6.86. The molecule has 0 bridgehead atoms. The van der Waals surface area contributed by atoms with Crippen LogP contribution in [0.15, 0.2) is 64.2 Å². The first-order valence-electron chi connectivity index (χ1n) is 11.6. The molecular weight excluding hydrogens is 430 g/mol. The number of nitrogens with zero attached hydrogens (tertiary/aromatic N) is 3. The second-order valence-corrected chi connectivity index (χ2v) is 9.09. The van der Waals surface area contributed by atoms with Crippen LogP contribution in [-0.2, 0) is 17.8 Å². The number of fused-ring (bicyclic) bond motifs is 1. The van der Waals surface area contributed by atoms with E-state index in [9.17, 15) is 14.4 Å². The summed E-state index contributed by atoms with van der Waals surface area (Å²) in [5.74, 6) is 0.0920. The number of anilines is 3. The van der Waals surface area contributed by atoms with Gasteiger partial charge in [-0.25, -0.2) is 4.79 Å². The molecule has 34 heavy (non-hydrogen) atoms. The molecule has 1 aromatic heterocycles. The van der Waals surface area contributed by atoms with Crippen molar-refractivity contribution in [2.24, 2.45) is 5.92 Å². The van der Waals surface area contributed by atoms with Gasteiger partial charge in [0.05, 0.1) is 13.1 Å². The van der Waals surface area contributed by atoms with Gasteiger partial charge < -0.3 is 15.5 Å². The third-order valence-corrected chi connectivity index (χ3v) is 6.21. The molecule has 0 atom stereocenters. The highest BCUT2D eigenvalue weighted by Crippen LogP contribution is 2.28. The number of para-hydroxylation sites is 1. The van der Waals surface area contributed by atoms with Crippen molar-refractivity contribution in [2.45, 2.75) is 33.2 Å². The lowest BCUT2D eigenvalue weighted by Gasteiger charge is -2.28. The molecule has 8 heteroatoms. The maximum atomic E-state index is 13.6.